The van der Waals surface area contributed by atoms with Gasteiger partial charge in [-0.2, -0.15) is 5.10 Å². The van der Waals surface area contributed by atoms with E-state index in [2.05, 4.69) is 15.4 Å². The van der Waals surface area contributed by atoms with E-state index in [9.17, 15) is 9.59 Å². The van der Waals surface area contributed by atoms with E-state index in [0.29, 0.717) is 5.69 Å². The van der Waals surface area contributed by atoms with Gasteiger partial charge in [0, 0.05) is 23.5 Å². The number of carbonyl (C=O) groups is 2. The van der Waals surface area contributed by atoms with Crippen molar-refractivity contribution in [2.24, 2.45) is 0 Å². The third-order valence-electron chi connectivity index (χ3n) is 4.41. The van der Waals surface area contributed by atoms with Gasteiger partial charge in [0.1, 0.15) is 0 Å². The SMILES string of the molecule is Cc1nn(-c2ccccc2)c(C)c1/C=C/C(=O)O[C@@H](C)C(=O)Nc1cccnc1Cl. The van der Waals surface area contributed by atoms with Crippen LogP contribution < -0.4 is 5.32 Å². The van der Waals surface area contributed by atoms with Crippen LogP contribution in [0.4, 0.5) is 5.69 Å². The molecule has 0 radical (unpaired) electrons. The van der Waals surface area contributed by atoms with Crippen LogP contribution in [0.15, 0.2) is 54.7 Å². The van der Waals surface area contributed by atoms with Crippen molar-refractivity contribution in [2.45, 2.75) is 26.9 Å². The van der Waals surface area contributed by atoms with Gasteiger partial charge in [0.2, 0.25) is 0 Å². The van der Waals surface area contributed by atoms with E-state index in [0.717, 1.165) is 22.6 Å². The maximum absolute atomic E-state index is 12.2. The smallest absolute Gasteiger partial charge is 0.331 e. The number of nitrogens with zero attached hydrogens (tertiary/aromatic N) is 3. The first-order chi connectivity index (χ1) is 14.4. The average molecular weight is 425 g/mol. The number of para-hydroxylation sites is 1. The first-order valence-corrected chi connectivity index (χ1v) is 9.66. The molecule has 1 atom stereocenters. The molecule has 7 nitrogen and oxygen atoms in total. The number of benzene rings is 1. The van der Waals surface area contributed by atoms with Crippen molar-refractivity contribution in [1.82, 2.24) is 14.8 Å². The van der Waals surface area contributed by atoms with Gasteiger partial charge in [-0.3, -0.25) is 4.79 Å². The highest BCUT2D eigenvalue weighted by Gasteiger charge is 2.18. The molecule has 2 aromatic heterocycles. The number of halogens is 1. The Balaban J connectivity index is 1.65. The van der Waals surface area contributed by atoms with E-state index in [-0.39, 0.29) is 5.15 Å². The van der Waals surface area contributed by atoms with Crippen molar-refractivity contribution in [3.05, 3.63) is 76.8 Å². The number of nitrogens with one attached hydrogen (secondary N) is 1. The molecule has 3 aromatic rings. The number of aryl methyl sites for hydroxylation is 1. The minimum atomic E-state index is -1.01. The standard InChI is InChI=1S/C22H21ClN4O3/c1-14-18(15(2)27(26-14)17-8-5-4-6-9-17)11-12-20(28)30-16(3)22(29)25-19-10-7-13-24-21(19)23/h4-13,16H,1-3H3,(H,25,29)/b12-11+/t16-/m0/s1. The fourth-order valence-electron chi connectivity index (χ4n) is 2.85. The fourth-order valence-corrected chi connectivity index (χ4v) is 3.02. The summed E-state index contributed by atoms with van der Waals surface area (Å²) in [6.07, 6.45) is 3.43. The topological polar surface area (TPSA) is 86.1 Å². The van der Waals surface area contributed by atoms with Crippen LogP contribution in [0.3, 0.4) is 0 Å². The number of anilines is 1. The number of amides is 1. The minimum absolute atomic E-state index is 0.158. The summed E-state index contributed by atoms with van der Waals surface area (Å²) in [6, 6.07) is 13.0. The zero-order chi connectivity index (χ0) is 21.7. The zero-order valence-electron chi connectivity index (χ0n) is 16.8. The summed E-state index contributed by atoms with van der Waals surface area (Å²) >= 11 is 5.92. The number of carbonyl (C=O) groups excluding carboxylic acids is 2. The van der Waals surface area contributed by atoms with E-state index in [1.165, 1.54) is 19.2 Å². The summed E-state index contributed by atoms with van der Waals surface area (Å²) in [6.45, 7) is 5.27. The van der Waals surface area contributed by atoms with Crippen LogP contribution in [-0.4, -0.2) is 32.7 Å². The van der Waals surface area contributed by atoms with E-state index >= 15 is 0 Å². The van der Waals surface area contributed by atoms with E-state index in [1.54, 1.807) is 18.2 Å². The lowest BCUT2D eigenvalue weighted by Crippen LogP contribution is -2.29. The molecule has 1 N–H and O–H groups in total. The van der Waals surface area contributed by atoms with Gasteiger partial charge in [0.15, 0.2) is 11.3 Å². The number of ether oxygens (including phenoxy) is 1. The molecule has 0 aliphatic rings. The van der Waals surface area contributed by atoms with Gasteiger partial charge in [-0.1, -0.05) is 29.8 Å². The second-order valence-electron chi connectivity index (χ2n) is 6.58. The molecule has 154 valence electrons. The highest BCUT2D eigenvalue weighted by molar-refractivity contribution is 6.32. The molecule has 3 rings (SSSR count). The third-order valence-corrected chi connectivity index (χ3v) is 4.71. The van der Waals surface area contributed by atoms with Crippen molar-refractivity contribution < 1.29 is 14.3 Å². The first kappa shape index (κ1) is 21.3. The number of esters is 1. The quantitative estimate of drug-likeness (QED) is 0.365. The fraction of sp³-hybridized carbons (Fsp3) is 0.182. The van der Waals surface area contributed by atoms with Gasteiger partial charge in [-0.25, -0.2) is 14.5 Å². The van der Waals surface area contributed by atoms with Crippen LogP contribution in [0.1, 0.15) is 23.9 Å². The predicted octanol–water partition coefficient (Wildman–Crippen LogP) is 4.12. The normalized spacial score (nSPS) is 12.0. The molecule has 0 unspecified atom stereocenters. The van der Waals surface area contributed by atoms with Crippen molar-refractivity contribution in [3.8, 4) is 5.69 Å². The molecule has 0 fully saturated rings. The third kappa shape index (κ3) is 4.93. The highest BCUT2D eigenvalue weighted by atomic mass is 35.5. The largest absolute Gasteiger partial charge is 0.449 e. The van der Waals surface area contributed by atoms with E-state index < -0.39 is 18.0 Å². The Morgan fingerprint density at radius 2 is 1.90 bits per heavy atom. The molecule has 1 amide bonds. The van der Waals surface area contributed by atoms with Crippen LogP contribution in [0.2, 0.25) is 5.15 Å². The van der Waals surface area contributed by atoms with Crippen LogP contribution in [0.5, 0.6) is 0 Å². The van der Waals surface area contributed by atoms with Gasteiger partial charge in [-0.15, -0.1) is 0 Å². The van der Waals surface area contributed by atoms with Gasteiger partial charge in [0.25, 0.3) is 5.91 Å². The molecular formula is C22H21ClN4O3. The minimum Gasteiger partial charge on any atom is -0.449 e. The molecule has 0 aliphatic heterocycles. The van der Waals surface area contributed by atoms with Gasteiger partial charge in [-0.05, 0) is 51.1 Å². The second-order valence-corrected chi connectivity index (χ2v) is 6.93. The maximum atomic E-state index is 12.2. The predicted molar refractivity (Wildman–Crippen MR) is 116 cm³/mol. The summed E-state index contributed by atoms with van der Waals surface area (Å²) in [5, 5.41) is 7.27. The molecule has 8 heteroatoms. The van der Waals surface area contributed by atoms with Crippen molar-refractivity contribution in [3.63, 3.8) is 0 Å². The lowest BCUT2D eigenvalue weighted by molar-refractivity contribution is -0.148. The van der Waals surface area contributed by atoms with E-state index in [4.69, 9.17) is 16.3 Å². The van der Waals surface area contributed by atoms with Crippen LogP contribution >= 0.6 is 11.6 Å². The number of pyridine rings is 1. The van der Waals surface area contributed by atoms with Gasteiger partial charge < -0.3 is 10.1 Å². The molecule has 0 spiro atoms. The van der Waals surface area contributed by atoms with Crippen LogP contribution in [-0.2, 0) is 14.3 Å². The average Bonchev–Trinajstić information content (AvgIpc) is 3.02. The van der Waals surface area contributed by atoms with Gasteiger partial charge in [0.05, 0.1) is 17.1 Å². The molecule has 0 saturated heterocycles. The summed E-state index contributed by atoms with van der Waals surface area (Å²) in [7, 11) is 0. The lowest BCUT2D eigenvalue weighted by Gasteiger charge is -2.12. The summed E-state index contributed by atoms with van der Waals surface area (Å²) in [5.41, 5.74) is 3.76. The molecule has 2 heterocycles. The molecular weight excluding hydrogens is 404 g/mol. The zero-order valence-corrected chi connectivity index (χ0v) is 17.6. The molecule has 30 heavy (non-hydrogen) atoms. The number of aromatic nitrogens is 3. The Morgan fingerprint density at radius 3 is 2.60 bits per heavy atom. The second kappa shape index (κ2) is 9.37. The molecule has 1 aromatic carbocycles. The van der Waals surface area contributed by atoms with Crippen molar-refractivity contribution >= 4 is 35.2 Å². The Morgan fingerprint density at radius 1 is 1.17 bits per heavy atom. The maximum Gasteiger partial charge on any atom is 0.331 e. The van der Waals surface area contributed by atoms with E-state index in [1.807, 2.05) is 48.9 Å². The number of rotatable bonds is 6. The Kier molecular flexibility index (Phi) is 6.64. The first-order valence-electron chi connectivity index (χ1n) is 9.28. The monoisotopic (exact) mass is 424 g/mol. The molecule has 0 saturated carbocycles. The number of hydrogen-bond acceptors (Lipinski definition) is 5. The van der Waals surface area contributed by atoms with Gasteiger partial charge >= 0.3 is 5.97 Å². The Labute approximate surface area is 179 Å². The Hall–Kier alpha value is -3.45. The molecule has 0 bridgehead atoms. The van der Waals surface area contributed by atoms with Crippen LogP contribution in [0, 0.1) is 13.8 Å². The lowest BCUT2D eigenvalue weighted by atomic mass is 10.2. The highest BCUT2D eigenvalue weighted by Crippen LogP contribution is 2.20. The molecule has 0 aliphatic carbocycles. The van der Waals surface area contributed by atoms with Crippen molar-refractivity contribution in [1.29, 1.82) is 0 Å². The summed E-state index contributed by atoms with van der Waals surface area (Å²) < 4.78 is 7.00. The van der Waals surface area contributed by atoms with Crippen LogP contribution in [0.25, 0.3) is 11.8 Å². The summed E-state index contributed by atoms with van der Waals surface area (Å²) in [4.78, 5) is 28.3. The Bertz CT molecular complexity index is 1090. The van der Waals surface area contributed by atoms with Crippen molar-refractivity contribution in [2.75, 3.05) is 5.32 Å². The summed E-state index contributed by atoms with van der Waals surface area (Å²) in [5.74, 6) is -1.14. The number of hydrogen-bond donors (Lipinski definition) is 1.